The number of benzene rings is 1. The Balaban J connectivity index is 2.01. The van der Waals surface area contributed by atoms with Gasteiger partial charge in [0.1, 0.15) is 0 Å². The van der Waals surface area contributed by atoms with Crippen molar-refractivity contribution < 1.29 is 9.59 Å². The molecule has 3 aromatic rings. The fraction of sp³-hybridized carbons (Fsp3) is 0.150. The van der Waals surface area contributed by atoms with Gasteiger partial charge < -0.3 is 10.6 Å². The van der Waals surface area contributed by atoms with Crippen molar-refractivity contribution in [2.75, 3.05) is 11.9 Å². The summed E-state index contributed by atoms with van der Waals surface area (Å²) in [6, 6.07) is 11.2. The molecule has 1 aromatic carbocycles. The van der Waals surface area contributed by atoms with E-state index in [4.69, 9.17) is 0 Å². The summed E-state index contributed by atoms with van der Waals surface area (Å²) in [5, 5.41) is 5.61. The Labute approximate surface area is 151 Å². The maximum Gasteiger partial charge on any atom is 0.287 e. The molecule has 6 nitrogen and oxygen atoms in total. The fourth-order valence-electron chi connectivity index (χ4n) is 2.79. The number of nitrogens with one attached hydrogen (secondary N) is 2. The predicted octanol–water partition coefficient (Wildman–Crippen LogP) is 3.12. The summed E-state index contributed by atoms with van der Waals surface area (Å²) in [4.78, 5) is 29.5. The van der Waals surface area contributed by atoms with Gasteiger partial charge in [-0.15, -0.1) is 6.58 Å². The number of aromatic nitrogens is 2. The summed E-state index contributed by atoms with van der Waals surface area (Å²) in [6.45, 7) is 7.77. The average molecular weight is 348 g/mol. The van der Waals surface area contributed by atoms with Crippen molar-refractivity contribution in [3.05, 3.63) is 77.9 Å². The molecule has 2 amide bonds. The molecule has 0 fully saturated rings. The molecule has 0 spiro atoms. The molecule has 0 radical (unpaired) electrons. The smallest absolute Gasteiger partial charge is 0.287 e. The largest absolute Gasteiger partial charge is 0.346 e. The third kappa shape index (κ3) is 3.21. The second kappa shape index (κ2) is 7.23. The van der Waals surface area contributed by atoms with Crippen LogP contribution in [0, 0.1) is 13.8 Å². The first-order chi connectivity index (χ1) is 12.5. The maximum atomic E-state index is 12.8. The number of carbonyl (C=O) groups excluding carboxylic acids is 2. The molecule has 6 heteroatoms. The van der Waals surface area contributed by atoms with E-state index >= 15 is 0 Å². The van der Waals surface area contributed by atoms with E-state index in [9.17, 15) is 9.59 Å². The Morgan fingerprint density at radius 2 is 1.85 bits per heavy atom. The molecule has 0 unspecified atom stereocenters. The highest BCUT2D eigenvalue weighted by molar-refractivity contribution is 6.09. The summed E-state index contributed by atoms with van der Waals surface area (Å²) in [7, 11) is 0. The first-order valence-corrected chi connectivity index (χ1v) is 8.26. The Morgan fingerprint density at radius 3 is 2.54 bits per heavy atom. The van der Waals surface area contributed by atoms with E-state index in [1.165, 1.54) is 0 Å². The molecule has 0 aliphatic rings. The van der Waals surface area contributed by atoms with Gasteiger partial charge in [0.05, 0.1) is 5.52 Å². The number of nitrogens with zero attached hydrogens (tertiary/aromatic N) is 2. The highest BCUT2D eigenvalue weighted by Gasteiger charge is 2.21. The molecule has 0 aliphatic carbocycles. The van der Waals surface area contributed by atoms with Crippen LogP contribution in [0.3, 0.4) is 0 Å². The lowest BCUT2D eigenvalue weighted by Crippen LogP contribution is -2.25. The zero-order valence-electron chi connectivity index (χ0n) is 14.7. The van der Waals surface area contributed by atoms with E-state index in [0.717, 1.165) is 16.8 Å². The molecule has 26 heavy (non-hydrogen) atoms. The van der Waals surface area contributed by atoms with Crippen LogP contribution < -0.4 is 10.6 Å². The Morgan fingerprint density at radius 1 is 1.12 bits per heavy atom. The number of pyridine rings is 1. The van der Waals surface area contributed by atoms with Crippen LogP contribution in [0.4, 0.5) is 5.69 Å². The Kier molecular flexibility index (Phi) is 4.84. The van der Waals surface area contributed by atoms with Crippen molar-refractivity contribution in [1.82, 2.24) is 14.7 Å². The van der Waals surface area contributed by atoms with E-state index in [0.29, 0.717) is 12.1 Å². The van der Waals surface area contributed by atoms with Crippen molar-refractivity contribution >= 4 is 23.0 Å². The Bertz CT molecular complexity index is 984. The Hall–Kier alpha value is -3.41. The third-order valence-electron chi connectivity index (χ3n) is 4.09. The first kappa shape index (κ1) is 17.4. The van der Waals surface area contributed by atoms with Crippen molar-refractivity contribution in [1.29, 1.82) is 0 Å². The SMILES string of the molecule is C=CCNC(=O)c1nc(C(=O)Nc2c(C)cccc2C)c2ccccn12. The number of hydrogen-bond donors (Lipinski definition) is 2. The quantitative estimate of drug-likeness (QED) is 0.696. The second-order valence-corrected chi connectivity index (χ2v) is 5.96. The molecule has 2 aromatic heterocycles. The van der Waals surface area contributed by atoms with Crippen LogP contribution in [-0.2, 0) is 0 Å². The van der Waals surface area contributed by atoms with Crippen LogP contribution in [0.2, 0.25) is 0 Å². The van der Waals surface area contributed by atoms with Crippen molar-refractivity contribution in [3.8, 4) is 0 Å². The molecular formula is C20H20N4O2. The van der Waals surface area contributed by atoms with Crippen LogP contribution in [0.1, 0.15) is 32.2 Å². The summed E-state index contributed by atoms with van der Waals surface area (Å²) < 4.78 is 1.61. The molecule has 2 N–H and O–H groups in total. The topological polar surface area (TPSA) is 75.5 Å². The molecule has 3 rings (SSSR count). The summed E-state index contributed by atoms with van der Waals surface area (Å²) in [5.41, 5.74) is 3.46. The monoisotopic (exact) mass is 348 g/mol. The van der Waals surface area contributed by atoms with E-state index in [1.807, 2.05) is 32.0 Å². The summed E-state index contributed by atoms with van der Waals surface area (Å²) >= 11 is 0. The normalized spacial score (nSPS) is 10.5. The number of carbonyl (C=O) groups is 2. The number of imidazole rings is 1. The zero-order valence-corrected chi connectivity index (χ0v) is 14.7. The average Bonchev–Trinajstić information content (AvgIpc) is 3.02. The van der Waals surface area contributed by atoms with Crippen molar-refractivity contribution in [3.63, 3.8) is 0 Å². The van der Waals surface area contributed by atoms with Gasteiger partial charge in [0.2, 0.25) is 5.82 Å². The van der Waals surface area contributed by atoms with E-state index in [-0.39, 0.29) is 23.3 Å². The molecule has 0 atom stereocenters. The lowest BCUT2D eigenvalue weighted by Gasteiger charge is -2.10. The zero-order chi connectivity index (χ0) is 18.7. The van der Waals surface area contributed by atoms with Gasteiger partial charge >= 0.3 is 0 Å². The molecular weight excluding hydrogens is 328 g/mol. The van der Waals surface area contributed by atoms with Crippen LogP contribution in [0.15, 0.2) is 55.3 Å². The van der Waals surface area contributed by atoms with Gasteiger partial charge in [0.25, 0.3) is 11.8 Å². The van der Waals surface area contributed by atoms with Gasteiger partial charge in [0.15, 0.2) is 5.69 Å². The van der Waals surface area contributed by atoms with E-state index in [2.05, 4.69) is 22.2 Å². The number of fused-ring (bicyclic) bond motifs is 1. The lowest BCUT2D eigenvalue weighted by molar-refractivity contribution is 0.0947. The van der Waals surface area contributed by atoms with Crippen molar-refractivity contribution in [2.45, 2.75) is 13.8 Å². The molecule has 0 bridgehead atoms. The minimum Gasteiger partial charge on any atom is -0.346 e. The molecule has 0 aliphatic heterocycles. The lowest BCUT2D eigenvalue weighted by atomic mass is 10.1. The van der Waals surface area contributed by atoms with Gasteiger partial charge in [-0.25, -0.2) is 4.98 Å². The highest BCUT2D eigenvalue weighted by atomic mass is 16.2. The standard InChI is InChI=1S/C20H20N4O2/c1-4-11-21-20(26)18-22-17(15-10-5-6-12-24(15)18)19(25)23-16-13(2)8-7-9-14(16)3/h4-10,12H,1,11H2,2-3H3,(H,21,26)(H,23,25). The van der Waals surface area contributed by atoms with Gasteiger partial charge in [-0.3, -0.25) is 14.0 Å². The molecule has 132 valence electrons. The van der Waals surface area contributed by atoms with Crippen molar-refractivity contribution in [2.24, 2.45) is 0 Å². The number of amides is 2. The second-order valence-electron chi connectivity index (χ2n) is 5.96. The number of anilines is 1. The third-order valence-corrected chi connectivity index (χ3v) is 4.09. The molecule has 2 heterocycles. The van der Waals surface area contributed by atoms with Crippen LogP contribution in [0.5, 0.6) is 0 Å². The number of aryl methyl sites for hydroxylation is 2. The van der Waals surface area contributed by atoms with Gasteiger partial charge in [-0.05, 0) is 37.1 Å². The summed E-state index contributed by atoms with van der Waals surface area (Å²) in [6.07, 6.45) is 3.29. The highest BCUT2D eigenvalue weighted by Crippen LogP contribution is 2.21. The minimum absolute atomic E-state index is 0.161. The first-order valence-electron chi connectivity index (χ1n) is 8.26. The van der Waals surface area contributed by atoms with E-state index in [1.54, 1.807) is 34.9 Å². The van der Waals surface area contributed by atoms with Gasteiger partial charge in [0, 0.05) is 18.4 Å². The molecule has 0 saturated carbocycles. The molecule has 0 saturated heterocycles. The van der Waals surface area contributed by atoms with Crippen LogP contribution in [0.25, 0.3) is 5.52 Å². The maximum absolute atomic E-state index is 12.8. The predicted molar refractivity (Wildman–Crippen MR) is 102 cm³/mol. The number of rotatable bonds is 5. The van der Waals surface area contributed by atoms with E-state index < -0.39 is 0 Å². The fourth-order valence-corrected chi connectivity index (χ4v) is 2.79. The summed E-state index contributed by atoms with van der Waals surface area (Å²) in [5.74, 6) is -0.555. The number of hydrogen-bond acceptors (Lipinski definition) is 3. The van der Waals surface area contributed by atoms with Gasteiger partial charge in [-0.2, -0.15) is 0 Å². The number of para-hydroxylation sites is 1. The van der Waals surface area contributed by atoms with Crippen LogP contribution >= 0.6 is 0 Å². The van der Waals surface area contributed by atoms with Gasteiger partial charge in [-0.1, -0.05) is 30.3 Å². The minimum atomic E-state index is -0.364. The van der Waals surface area contributed by atoms with Crippen LogP contribution in [-0.4, -0.2) is 27.7 Å².